The van der Waals surface area contributed by atoms with Gasteiger partial charge in [0.1, 0.15) is 0 Å². The summed E-state index contributed by atoms with van der Waals surface area (Å²) < 4.78 is 2.14. The molecule has 0 aliphatic carbocycles. The zero-order valence-electron chi connectivity index (χ0n) is 12.1. The first-order chi connectivity index (χ1) is 8.52. The van der Waals surface area contributed by atoms with Crippen molar-refractivity contribution in [2.75, 3.05) is 13.1 Å². The van der Waals surface area contributed by atoms with Crippen LogP contribution in [-0.2, 0) is 13.1 Å². The second kappa shape index (κ2) is 5.41. The predicted octanol–water partition coefficient (Wildman–Crippen LogP) is 1.69. The molecule has 1 saturated heterocycles. The minimum absolute atomic E-state index is 0.330. The Hall–Kier alpha value is -0.870. The molecule has 0 radical (unpaired) electrons. The smallest absolute Gasteiger partial charge is 0.0641 e. The summed E-state index contributed by atoms with van der Waals surface area (Å²) in [5.74, 6) is 0.608. The summed E-state index contributed by atoms with van der Waals surface area (Å²) in [6.45, 7) is 12.9. The van der Waals surface area contributed by atoms with E-state index in [1.807, 2.05) is 0 Å². The molecule has 2 unspecified atom stereocenters. The van der Waals surface area contributed by atoms with Gasteiger partial charge in [0.25, 0.3) is 0 Å². The molecule has 2 atom stereocenters. The van der Waals surface area contributed by atoms with Crippen LogP contribution in [0.25, 0.3) is 0 Å². The van der Waals surface area contributed by atoms with E-state index in [-0.39, 0.29) is 0 Å². The summed E-state index contributed by atoms with van der Waals surface area (Å²) in [7, 11) is 0. The van der Waals surface area contributed by atoms with Gasteiger partial charge in [0.05, 0.1) is 5.69 Å². The Morgan fingerprint density at radius 3 is 2.61 bits per heavy atom. The minimum atomic E-state index is 0.330. The molecule has 0 bridgehead atoms. The van der Waals surface area contributed by atoms with E-state index >= 15 is 0 Å². The summed E-state index contributed by atoms with van der Waals surface area (Å²) in [6.07, 6.45) is 1.13. The first-order valence-electron chi connectivity index (χ1n) is 7.03. The van der Waals surface area contributed by atoms with E-state index < -0.39 is 0 Å². The van der Waals surface area contributed by atoms with Crippen LogP contribution in [0, 0.1) is 19.8 Å². The van der Waals surface area contributed by atoms with Gasteiger partial charge < -0.3 is 5.73 Å². The molecular weight excluding hydrogens is 224 g/mol. The van der Waals surface area contributed by atoms with Crippen molar-refractivity contribution in [2.24, 2.45) is 11.7 Å². The van der Waals surface area contributed by atoms with Crippen molar-refractivity contribution in [1.82, 2.24) is 14.7 Å². The highest BCUT2D eigenvalue weighted by atomic mass is 15.3. The first kappa shape index (κ1) is 13.6. The van der Waals surface area contributed by atoms with Crippen LogP contribution in [0.5, 0.6) is 0 Å². The summed E-state index contributed by atoms with van der Waals surface area (Å²) >= 11 is 0. The van der Waals surface area contributed by atoms with E-state index in [0.717, 1.165) is 32.6 Å². The van der Waals surface area contributed by atoms with Gasteiger partial charge in [-0.1, -0.05) is 13.8 Å². The monoisotopic (exact) mass is 250 g/mol. The lowest BCUT2D eigenvalue weighted by Crippen LogP contribution is -2.28. The van der Waals surface area contributed by atoms with Gasteiger partial charge in [0, 0.05) is 43.5 Å². The fraction of sp³-hybridized carbons (Fsp3) is 0.786. The lowest BCUT2D eigenvalue weighted by molar-refractivity contribution is 0.317. The summed E-state index contributed by atoms with van der Waals surface area (Å²) in [4.78, 5) is 2.46. The SMILES string of the molecule is CCCn1nc(C)c(CN2CC(C)C(N)C2)c1C. The second-order valence-electron chi connectivity index (χ2n) is 5.71. The van der Waals surface area contributed by atoms with Gasteiger partial charge in [-0.25, -0.2) is 0 Å². The number of nitrogens with two attached hydrogens (primary N) is 1. The van der Waals surface area contributed by atoms with Gasteiger partial charge in [-0.15, -0.1) is 0 Å². The molecule has 1 aliphatic heterocycles. The number of likely N-dealkylation sites (tertiary alicyclic amines) is 1. The Kier molecular flexibility index (Phi) is 4.07. The lowest BCUT2D eigenvalue weighted by atomic mass is 10.1. The van der Waals surface area contributed by atoms with Crippen LogP contribution in [0.1, 0.15) is 37.2 Å². The van der Waals surface area contributed by atoms with E-state index in [9.17, 15) is 0 Å². The number of aromatic nitrogens is 2. The molecular formula is C14H26N4. The molecule has 1 aromatic heterocycles. The van der Waals surface area contributed by atoms with Crippen molar-refractivity contribution in [1.29, 1.82) is 0 Å². The predicted molar refractivity (Wildman–Crippen MR) is 74.4 cm³/mol. The van der Waals surface area contributed by atoms with Crippen LogP contribution in [0.4, 0.5) is 0 Å². The van der Waals surface area contributed by atoms with Crippen LogP contribution < -0.4 is 5.73 Å². The molecule has 102 valence electrons. The average molecular weight is 250 g/mol. The lowest BCUT2D eigenvalue weighted by Gasteiger charge is -2.15. The van der Waals surface area contributed by atoms with Crippen LogP contribution in [0.2, 0.25) is 0 Å². The quantitative estimate of drug-likeness (QED) is 0.884. The van der Waals surface area contributed by atoms with E-state index in [0.29, 0.717) is 12.0 Å². The molecule has 1 aromatic rings. The summed E-state index contributed by atoms with van der Waals surface area (Å²) in [5.41, 5.74) is 9.98. The van der Waals surface area contributed by atoms with Crippen LogP contribution in [-0.4, -0.2) is 33.8 Å². The molecule has 0 saturated carbocycles. The van der Waals surface area contributed by atoms with Crippen molar-refractivity contribution >= 4 is 0 Å². The molecule has 2 heterocycles. The Morgan fingerprint density at radius 2 is 2.06 bits per heavy atom. The fourth-order valence-electron chi connectivity index (χ4n) is 2.84. The Bertz CT molecular complexity index is 400. The molecule has 1 fully saturated rings. The van der Waals surface area contributed by atoms with Crippen molar-refractivity contribution in [3.05, 3.63) is 17.0 Å². The summed E-state index contributed by atoms with van der Waals surface area (Å²) in [6, 6.07) is 0.330. The number of hydrogen-bond donors (Lipinski definition) is 1. The van der Waals surface area contributed by atoms with Crippen LogP contribution in [0.3, 0.4) is 0 Å². The van der Waals surface area contributed by atoms with Crippen LogP contribution in [0.15, 0.2) is 0 Å². The minimum Gasteiger partial charge on any atom is -0.326 e. The number of nitrogens with zero attached hydrogens (tertiary/aromatic N) is 3. The average Bonchev–Trinajstić information content (AvgIpc) is 2.75. The number of hydrogen-bond acceptors (Lipinski definition) is 3. The highest BCUT2D eigenvalue weighted by Gasteiger charge is 2.27. The highest BCUT2D eigenvalue weighted by Crippen LogP contribution is 2.21. The zero-order valence-corrected chi connectivity index (χ0v) is 12.1. The number of rotatable bonds is 4. The molecule has 0 aromatic carbocycles. The van der Waals surface area contributed by atoms with Gasteiger partial charge in [0.2, 0.25) is 0 Å². The Morgan fingerprint density at radius 1 is 1.33 bits per heavy atom. The van der Waals surface area contributed by atoms with E-state index in [2.05, 4.69) is 42.4 Å². The molecule has 0 spiro atoms. The number of aryl methyl sites for hydroxylation is 2. The van der Waals surface area contributed by atoms with Crippen molar-refractivity contribution in [2.45, 2.75) is 53.2 Å². The topological polar surface area (TPSA) is 47.1 Å². The van der Waals surface area contributed by atoms with Crippen molar-refractivity contribution in [3.8, 4) is 0 Å². The maximum atomic E-state index is 6.09. The third kappa shape index (κ3) is 2.59. The standard InChI is InChI=1S/C14H26N4/c1-5-6-18-12(4)13(11(3)16-18)8-17-7-10(2)14(15)9-17/h10,14H,5-9,15H2,1-4H3. The molecule has 0 amide bonds. The highest BCUT2D eigenvalue weighted by molar-refractivity contribution is 5.24. The summed E-state index contributed by atoms with van der Waals surface area (Å²) in [5, 5.41) is 4.64. The second-order valence-corrected chi connectivity index (χ2v) is 5.71. The van der Waals surface area contributed by atoms with Gasteiger partial charge >= 0.3 is 0 Å². The largest absolute Gasteiger partial charge is 0.326 e. The van der Waals surface area contributed by atoms with Crippen molar-refractivity contribution in [3.63, 3.8) is 0 Å². The van der Waals surface area contributed by atoms with Gasteiger partial charge in [-0.2, -0.15) is 5.10 Å². The molecule has 4 nitrogen and oxygen atoms in total. The molecule has 2 N–H and O–H groups in total. The third-order valence-corrected chi connectivity index (χ3v) is 4.09. The molecule has 18 heavy (non-hydrogen) atoms. The first-order valence-corrected chi connectivity index (χ1v) is 7.03. The van der Waals surface area contributed by atoms with Crippen molar-refractivity contribution < 1.29 is 0 Å². The molecule has 4 heteroatoms. The fourth-order valence-corrected chi connectivity index (χ4v) is 2.84. The Balaban J connectivity index is 2.10. The van der Waals surface area contributed by atoms with Gasteiger partial charge in [0.15, 0.2) is 0 Å². The van der Waals surface area contributed by atoms with Gasteiger partial charge in [-0.05, 0) is 26.2 Å². The normalized spacial score (nSPS) is 24.9. The zero-order chi connectivity index (χ0) is 13.3. The third-order valence-electron chi connectivity index (χ3n) is 4.09. The van der Waals surface area contributed by atoms with E-state index in [4.69, 9.17) is 5.73 Å². The Labute approximate surface area is 110 Å². The van der Waals surface area contributed by atoms with Crippen LogP contribution >= 0.6 is 0 Å². The molecule has 1 aliphatic rings. The molecule has 2 rings (SSSR count). The van der Waals surface area contributed by atoms with Gasteiger partial charge in [-0.3, -0.25) is 9.58 Å². The maximum Gasteiger partial charge on any atom is 0.0641 e. The van der Waals surface area contributed by atoms with E-state index in [1.165, 1.54) is 17.0 Å². The maximum absolute atomic E-state index is 6.09. The van der Waals surface area contributed by atoms with E-state index in [1.54, 1.807) is 0 Å².